The highest BCUT2D eigenvalue weighted by atomic mass is 28.3. The number of fused-ring (bicyclic) bond motifs is 1. The Labute approximate surface area is 173 Å². The van der Waals surface area contributed by atoms with Crippen LogP contribution < -0.4 is 15.4 Å². The molecule has 1 aromatic heterocycles. The number of carbonyl (C=O) groups excluding carboxylic acids is 1. The lowest BCUT2D eigenvalue weighted by molar-refractivity contribution is 0.208. The normalized spacial score (nSPS) is 14.9. The van der Waals surface area contributed by atoms with Crippen LogP contribution in [0.5, 0.6) is 0 Å². The van der Waals surface area contributed by atoms with E-state index < -0.39 is 8.07 Å². The average Bonchev–Trinajstić information content (AvgIpc) is 2.73. The summed E-state index contributed by atoms with van der Waals surface area (Å²) in [5, 5.41) is 6.80. The predicted octanol–water partition coefficient (Wildman–Crippen LogP) is 4.13. The number of hydrogen-bond acceptors (Lipinski definition) is 3. The number of benzene rings is 2. The van der Waals surface area contributed by atoms with E-state index in [-0.39, 0.29) is 6.03 Å². The van der Waals surface area contributed by atoms with Crippen molar-refractivity contribution in [3.05, 3.63) is 60.9 Å². The van der Waals surface area contributed by atoms with E-state index in [2.05, 4.69) is 71.2 Å². The maximum atomic E-state index is 12.7. The minimum absolute atomic E-state index is 0.0208. The molecule has 2 amide bonds. The van der Waals surface area contributed by atoms with Crippen molar-refractivity contribution in [3.8, 4) is 0 Å². The quantitative estimate of drug-likeness (QED) is 0.668. The summed E-state index contributed by atoms with van der Waals surface area (Å²) in [7, 11) is -1.32. The molecule has 1 aliphatic heterocycles. The van der Waals surface area contributed by atoms with Crippen LogP contribution in [0.3, 0.4) is 0 Å². The molecule has 29 heavy (non-hydrogen) atoms. The van der Waals surface area contributed by atoms with Gasteiger partial charge in [-0.25, -0.2) is 4.79 Å². The van der Waals surface area contributed by atoms with Gasteiger partial charge in [-0.05, 0) is 24.3 Å². The van der Waals surface area contributed by atoms with Gasteiger partial charge >= 0.3 is 6.03 Å². The maximum absolute atomic E-state index is 12.7. The topological polar surface area (TPSA) is 48.5 Å². The largest absolute Gasteiger partial charge is 0.367 e. The number of hydrogen-bond donors (Lipinski definition) is 1. The van der Waals surface area contributed by atoms with Crippen molar-refractivity contribution in [1.29, 1.82) is 0 Å². The zero-order chi connectivity index (χ0) is 20.4. The van der Waals surface area contributed by atoms with E-state index in [0.29, 0.717) is 13.1 Å². The van der Waals surface area contributed by atoms with E-state index in [1.807, 2.05) is 29.4 Å². The molecule has 1 saturated heterocycles. The highest BCUT2D eigenvalue weighted by molar-refractivity contribution is 6.88. The lowest BCUT2D eigenvalue weighted by atomic mass is 10.1. The van der Waals surface area contributed by atoms with Gasteiger partial charge in [0.1, 0.15) is 0 Å². The van der Waals surface area contributed by atoms with E-state index in [1.165, 1.54) is 16.3 Å². The molecule has 1 N–H and O–H groups in total. The number of aromatic nitrogens is 1. The van der Waals surface area contributed by atoms with Crippen molar-refractivity contribution in [2.45, 2.75) is 19.6 Å². The summed E-state index contributed by atoms with van der Waals surface area (Å²) in [5.74, 6) is 0. The molecule has 4 rings (SSSR count). The molecule has 0 aliphatic carbocycles. The number of amides is 2. The second kappa shape index (κ2) is 7.87. The lowest BCUT2D eigenvalue weighted by Crippen LogP contribution is -2.50. The van der Waals surface area contributed by atoms with E-state index in [1.54, 1.807) is 0 Å². The summed E-state index contributed by atoms with van der Waals surface area (Å²) in [6.45, 7) is 10.0. The second-order valence-electron chi connectivity index (χ2n) is 8.61. The number of pyridine rings is 1. The highest BCUT2D eigenvalue weighted by Crippen LogP contribution is 2.27. The Morgan fingerprint density at radius 3 is 2.38 bits per heavy atom. The molecule has 3 aromatic rings. The first-order chi connectivity index (χ1) is 13.9. The van der Waals surface area contributed by atoms with Gasteiger partial charge < -0.3 is 15.1 Å². The van der Waals surface area contributed by atoms with Gasteiger partial charge in [0.15, 0.2) is 0 Å². The minimum atomic E-state index is -1.32. The van der Waals surface area contributed by atoms with Gasteiger partial charge in [0.25, 0.3) is 0 Å². The second-order valence-corrected chi connectivity index (χ2v) is 13.7. The number of rotatable bonds is 3. The first-order valence-corrected chi connectivity index (χ1v) is 13.7. The van der Waals surface area contributed by atoms with Crippen molar-refractivity contribution in [2.75, 3.05) is 36.4 Å². The Balaban J connectivity index is 1.38. The van der Waals surface area contributed by atoms with Crippen LogP contribution in [0.1, 0.15) is 0 Å². The van der Waals surface area contributed by atoms with Crippen molar-refractivity contribution < 1.29 is 4.79 Å². The van der Waals surface area contributed by atoms with Crippen LogP contribution in [-0.2, 0) is 0 Å². The minimum Gasteiger partial charge on any atom is -0.367 e. The van der Waals surface area contributed by atoms with Crippen molar-refractivity contribution in [2.24, 2.45) is 0 Å². The fourth-order valence-corrected chi connectivity index (χ4v) is 4.95. The van der Waals surface area contributed by atoms with Crippen LogP contribution in [0.25, 0.3) is 10.8 Å². The zero-order valence-electron chi connectivity index (χ0n) is 17.4. The molecule has 1 fully saturated rings. The first kappa shape index (κ1) is 19.5. The molecule has 6 heteroatoms. The molecule has 0 atom stereocenters. The smallest absolute Gasteiger partial charge is 0.321 e. The van der Waals surface area contributed by atoms with Crippen LogP contribution in [0.2, 0.25) is 19.6 Å². The van der Waals surface area contributed by atoms with E-state index >= 15 is 0 Å². The Kier molecular flexibility index (Phi) is 5.28. The number of piperazine rings is 1. The molecule has 0 unspecified atom stereocenters. The summed E-state index contributed by atoms with van der Waals surface area (Å²) in [4.78, 5) is 21.2. The lowest BCUT2D eigenvalue weighted by Gasteiger charge is -2.36. The van der Waals surface area contributed by atoms with Gasteiger partial charge in [0.05, 0.1) is 8.07 Å². The third kappa shape index (κ3) is 4.27. The number of nitrogens with zero attached hydrogens (tertiary/aromatic N) is 3. The Hall–Kier alpha value is -2.86. The fourth-order valence-electron chi connectivity index (χ4n) is 3.79. The van der Waals surface area contributed by atoms with Gasteiger partial charge in [0.2, 0.25) is 0 Å². The van der Waals surface area contributed by atoms with Crippen molar-refractivity contribution in [1.82, 2.24) is 9.88 Å². The molecule has 0 bridgehead atoms. The number of anilines is 2. The molecular weight excluding hydrogens is 376 g/mol. The Morgan fingerprint density at radius 2 is 1.69 bits per heavy atom. The highest BCUT2D eigenvalue weighted by Gasteiger charge is 2.22. The van der Waals surface area contributed by atoms with Gasteiger partial charge in [-0.3, -0.25) is 4.98 Å². The third-order valence-corrected chi connectivity index (χ3v) is 7.63. The molecule has 5 nitrogen and oxygen atoms in total. The summed E-state index contributed by atoms with van der Waals surface area (Å²) in [6.07, 6.45) is 3.74. The molecular formula is C23H28N4OSi. The summed E-state index contributed by atoms with van der Waals surface area (Å²) >= 11 is 0. The standard InChI is InChI=1S/C23H28N4OSi/c1-29(2,3)20-9-7-19(8-10-20)25-23(28)27-15-13-26(14-16-27)22-6-4-5-18-17-24-12-11-21(18)22/h4-12,17H,13-16H2,1-3H3,(H,25,28). The van der Waals surface area contributed by atoms with Gasteiger partial charge in [-0.2, -0.15) is 0 Å². The predicted molar refractivity (Wildman–Crippen MR) is 124 cm³/mol. The molecule has 150 valence electrons. The van der Waals surface area contributed by atoms with E-state index in [4.69, 9.17) is 0 Å². The SMILES string of the molecule is C[Si](C)(C)c1ccc(NC(=O)N2CCN(c3cccc4cnccc34)CC2)cc1. The van der Waals surface area contributed by atoms with Crippen LogP contribution in [0, 0.1) is 0 Å². The summed E-state index contributed by atoms with van der Waals surface area (Å²) in [5.41, 5.74) is 2.08. The number of nitrogens with one attached hydrogen (secondary N) is 1. The maximum Gasteiger partial charge on any atom is 0.321 e. The average molecular weight is 405 g/mol. The summed E-state index contributed by atoms with van der Waals surface area (Å²) in [6, 6.07) is 16.7. The van der Waals surface area contributed by atoms with Crippen LogP contribution >= 0.6 is 0 Å². The van der Waals surface area contributed by atoms with Crippen molar-refractivity contribution >= 4 is 41.4 Å². The van der Waals surface area contributed by atoms with E-state index in [9.17, 15) is 4.79 Å². The molecule has 2 heterocycles. The van der Waals surface area contributed by atoms with E-state index in [0.717, 1.165) is 24.2 Å². The van der Waals surface area contributed by atoms with Gasteiger partial charge in [-0.15, -0.1) is 0 Å². The first-order valence-electron chi connectivity index (χ1n) is 10.2. The molecule has 0 saturated carbocycles. The van der Waals surface area contributed by atoms with Crippen molar-refractivity contribution in [3.63, 3.8) is 0 Å². The fraction of sp³-hybridized carbons (Fsp3) is 0.304. The Bertz CT molecular complexity index is 1000. The third-order valence-electron chi connectivity index (χ3n) is 5.57. The molecule has 2 aromatic carbocycles. The van der Waals surface area contributed by atoms with Crippen LogP contribution in [0.15, 0.2) is 60.9 Å². The van der Waals surface area contributed by atoms with Crippen LogP contribution in [0.4, 0.5) is 16.2 Å². The molecule has 0 radical (unpaired) electrons. The van der Waals surface area contributed by atoms with Gasteiger partial charge in [0, 0.05) is 60.7 Å². The molecule has 1 aliphatic rings. The monoisotopic (exact) mass is 404 g/mol. The Morgan fingerprint density at radius 1 is 0.966 bits per heavy atom. The number of urea groups is 1. The summed E-state index contributed by atoms with van der Waals surface area (Å²) < 4.78 is 0. The number of carbonyl (C=O) groups is 1. The molecule has 0 spiro atoms. The van der Waals surface area contributed by atoms with Crippen LogP contribution in [-0.4, -0.2) is 50.2 Å². The van der Waals surface area contributed by atoms with Gasteiger partial charge in [-0.1, -0.05) is 49.1 Å². The zero-order valence-corrected chi connectivity index (χ0v) is 18.4.